The lowest BCUT2D eigenvalue weighted by atomic mass is 10.2. The summed E-state index contributed by atoms with van der Waals surface area (Å²) in [6.07, 6.45) is 0. The van der Waals surface area contributed by atoms with Crippen molar-refractivity contribution < 1.29 is 14.4 Å². The minimum absolute atomic E-state index is 0.149. The number of nitro groups is 1. The molecule has 0 aliphatic rings. The van der Waals surface area contributed by atoms with Gasteiger partial charge in [0, 0.05) is 0 Å². The molecule has 0 bridgehead atoms. The van der Waals surface area contributed by atoms with E-state index in [4.69, 9.17) is 9.47 Å². The molecule has 128 valence electrons. The molecule has 0 fully saturated rings. The van der Waals surface area contributed by atoms with Gasteiger partial charge in [-0.3, -0.25) is 10.1 Å². The molecule has 2 aromatic carbocycles. The molecule has 1 N–H and O–H groups in total. The second-order valence-corrected chi connectivity index (χ2v) is 4.88. The fourth-order valence-corrected chi connectivity index (χ4v) is 2.18. The third-order valence-electron chi connectivity index (χ3n) is 3.43. The number of rotatable bonds is 6. The van der Waals surface area contributed by atoms with Crippen LogP contribution in [0.25, 0.3) is 5.69 Å². The maximum absolute atomic E-state index is 11.3. The Morgan fingerprint density at radius 3 is 2.40 bits per heavy atom. The summed E-state index contributed by atoms with van der Waals surface area (Å²) in [6, 6.07) is 11.5. The number of ether oxygens (including phenoxy) is 2. The maximum atomic E-state index is 11.3. The van der Waals surface area contributed by atoms with Crippen molar-refractivity contribution in [1.82, 2.24) is 20.2 Å². The van der Waals surface area contributed by atoms with E-state index in [1.54, 1.807) is 37.4 Å². The Labute approximate surface area is 142 Å². The molecule has 0 aliphatic heterocycles. The Kier molecular flexibility index (Phi) is 4.42. The van der Waals surface area contributed by atoms with E-state index in [-0.39, 0.29) is 17.3 Å². The molecule has 0 spiro atoms. The smallest absolute Gasteiger partial charge is 0.296 e. The molecular weight excluding hydrogens is 328 g/mol. The summed E-state index contributed by atoms with van der Waals surface area (Å²) in [5, 5.41) is 25.6. The van der Waals surface area contributed by atoms with Gasteiger partial charge < -0.3 is 14.8 Å². The first-order valence-electron chi connectivity index (χ1n) is 7.14. The van der Waals surface area contributed by atoms with Crippen LogP contribution >= 0.6 is 0 Å². The van der Waals surface area contributed by atoms with Gasteiger partial charge in [-0.15, -0.1) is 0 Å². The van der Waals surface area contributed by atoms with Crippen molar-refractivity contribution in [1.29, 1.82) is 0 Å². The van der Waals surface area contributed by atoms with Gasteiger partial charge in [0.25, 0.3) is 11.6 Å². The SMILES string of the molecule is COc1ccc(-n2nnnc2Nc2ccc(OC)cc2[N+](=O)[O-])cc1. The van der Waals surface area contributed by atoms with E-state index < -0.39 is 4.92 Å². The highest BCUT2D eigenvalue weighted by Gasteiger charge is 2.18. The van der Waals surface area contributed by atoms with E-state index >= 15 is 0 Å². The molecular formula is C15H14N6O4. The highest BCUT2D eigenvalue weighted by atomic mass is 16.6. The molecule has 0 saturated carbocycles. The van der Waals surface area contributed by atoms with Crippen LogP contribution in [0.15, 0.2) is 42.5 Å². The maximum Gasteiger partial charge on any atom is 0.296 e. The summed E-state index contributed by atoms with van der Waals surface area (Å²) in [4.78, 5) is 10.8. The third-order valence-corrected chi connectivity index (χ3v) is 3.43. The van der Waals surface area contributed by atoms with Gasteiger partial charge in [0.15, 0.2) is 0 Å². The van der Waals surface area contributed by atoms with Gasteiger partial charge in [-0.05, 0) is 46.8 Å². The number of nitro benzene ring substituents is 1. The number of tetrazole rings is 1. The number of hydrogen-bond donors (Lipinski definition) is 1. The minimum Gasteiger partial charge on any atom is -0.497 e. The standard InChI is InChI=1S/C15H14N6O4/c1-24-11-5-3-10(4-6-11)20-15(17-18-19-20)16-13-8-7-12(25-2)9-14(13)21(22)23/h3-9H,1-2H3,(H,16,17,19). The molecule has 1 aromatic heterocycles. The van der Waals surface area contributed by atoms with E-state index in [2.05, 4.69) is 20.8 Å². The van der Waals surface area contributed by atoms with Crippen LogP contribution in [-0.4, -0.2) is 39.4 Å². The van der Waals surface area contributed by atoms with E-state index in [9.17, 15) is 10.1 Å². The zero-order chi connectivity index (χ0) is 17.8. The van der Waals surface area contributed by atoms with E-state index in [1.807, 2.05) is 0 Å². The van der Waals surface area contributed by atoms with E-state index in [0.717, 1.165) is 0 Å². The second kappa shape index (κ2) is 6.83. The van der Waals surface area contributed by atoms with Gasteiger partial charge in [-0.25, -0.2) is 0 Å². The van der Waals surface area contributed by atoms with Gasteiger partial charge in [0.05, 0.1) is 30.9 Å². The zero-order valence-electron chi connectivity index (χ0n) is 13.4. The fraction of sp³-hybridized carbons (Fsp3) is 0.133. The highest BCUT2D eigenvalue weighted by molar-refractivity contribution is 5.68. The van der Waals surface area contributed by atoms with Crippen molar-refractivity contribution in [2.24, 2.45) is 0 Å². The number of nitrogens with zero attached hydrogens (tertiary/aromatic N) is 5. The van der Waals surface area contributed by atoms with Crippen LogP contribution in [0, 0.1) is 10.1 Å². The monoisotopic (exact) mass is 342 g/mol. The van der Waals surface area contributed by atoms with Crippen LogP contribution in [0.1, 0.15) is 0 Å². The van der Waals surface area contributed by atoms with Gasteiger partial charge in [-0.1, -0.05) is 5.10 Å². The molecule has 0 unspecified atom stereocenters. The van der Waals surface area contributed by atoms with Crippen LogP contribution in [0.4, 0.5) is 17.3 Å². The lowest BCUT2D eigenvalue weighted by Gasteiger charge is -2.09. The number of methoxy groups -OCH3 is 2. The fourth-order valence-electron chi connectivity index (χ4n) is 2.18. The Bertz CT molecular complexity index is 893. The van der Waals surface area contributed by atoms with Gasteiger partial charge >= 0.3 is 0 Å². The van der Waals surface area contributed by atoms with Crippen LogP contribution in [-0.2, 0) is 0 Å². The number of hydrogen-bond acceptors (Lipinski definition) is 8. The first-order valence-corrected chi connectivity index (χ1v) is 7.14. The van der Waals surface area contributed by atoms with Gasteiger partial charge in [0.1, 0.15) is 17.2 Å². The van der Waals surface area contributed by atoms with E-state index in [0.29, 0.717) is 17.2 Å². The summed E-state index contributed by atoms with van der Waals surface area (Å²) >= 11 is 0. The summed E-state index contributed by atoms with van der Waals surface area (Å²) in [5.74, 6) is 1.31. The van der Waals surface area contributed by atoms with Crippen LogP contribution < -0.4 is 14.8 Å². The van der Waals surface area contributed by atoms with Gasteiger partial charge in [-0.2, -0.15) is 4.68 Å². The largest absolute Gasteiger partial charge is 0.497 e. The quantitative estimate of drug-likeness (QED) is 0.536. The van der Waals surface area contributed by atoms with Crippen LogP contribution in [0.2, 0.25) is 0 Å². The average molecular weight is 342 g/mol. The van der Waals surface area contributed by atoms with Crippen molar-refractivity contribution in [2.75, 3.05) is 19.5 Å². The molecule has 25 heavy (non-hydrogen) atoms. The molecule has 0 atom stereocenters. The third kappa shape index (κ3) is 3.32. The molecule has 0 radical (unpaired) electrons. The Balaban J connectivity index is 1.94. The number of benzene rings is 2. The Hall–Kier alpha value is -3.69. The highest BCUT2D eigenvalue weighted by Crippen LogP contribution is 2.31. The average Bonchev–Trinajstić information content (AvgIpc) is 3.10. The van der Waals surface area contributed by atoms with Crippen molar-refractivity contribution in [3.63, 3.8) is 0 Å². The molecule has 0 aliphatic carbocycles. The summed E-state index contributed by atoms with van der Waals surface area (Å²) in [7, 11) is 3.01. The van der Waals surface area contributed by atoms with Gasteiger partial charge in [0.2, 0.25) is 0 Å². The van der Waals surface area contributed by atoms with E-state index in [1.165, 1.54) is 23.9 Å². The summed E-state index contributed by atoms with van der Waals surface area (Å²) in [5.41, 5.74) is 0.767. The molecule has 10 nitrogen and oxygen atoms in total. The van der Waals surface area contributed by atoms with Crippen molar-refractivity contribution in [3.05, 3.63) is 52.6 Å². The first-order chi connectivity index (χ1) is 12.1. The molecule has 3 aromatic rings. The number of nitrogens with one attached hydrogen (secondary N) is 1. The topological polar surface area (TPSA) is 117 Å². The van der Waals surface area contributed by atoms with Crippen molar-refractivity contribution in [3.8, 4) is 17.2 Å². The van der Waals surface area contributed by atoms with Crippen molar-refractivity contribution >= 4 is 17.3 Å². The lowest BCUT2D eigenvalue weighted by molar-refractivity contribution is -0.384. The normalized spacial score (nSPS) is 10.3. The van der Waals surface area contributed by atoms with Crippen LogP contribution in [0.5, 0.6) is 11.5 Å². The zero-order valence-corrected chi connectivity index (χ0v) is 13.4. The number of anilines is 2. The predicted octanol–water partition coefficient (Wildman–Crippen LogP) is 2.33. The molecule has 0 saturated heterocycles. The molecule has 3 rings (SSSR count). The summed E-state index contributed by atoms with van der Waals surface area (Å²) < 4.78 is 11.6. The Morgan fingerprint density at radius 2 is 1.76 bits per heavy atom. The minimum atomic E-state index is -0.508. The number of aromatic nitrogens is 4. The molecule has 0 amide bonds. The Morgan fingerprint density at radius 1 is 1.08 bits per heavy atom. The lowest BCUT2D eigenvalue weighted by Crippen LogP contribution is -2.05. The second-order valence-electron chi connectivity index (χ2n) is 4.88. The van der Waals surface area contributed by atoms with Crippen molar-refractivity contribution in [2.45, 2.75) is 0 Å². The van der Waals surface area contributed by atoms with Crippen LogP contribution in [0.3, 0.4) is 0 Å². The predicted molar refractivity (Wildman–Crippen MR) is 88.6 cm³/mol. The molecule has 1 heterocycles. The summed E-state index contributed by atoms with van der Waals surface area (Å²) in [6.45, 7) is 0. The first kappa shape index (κ1) is 16.2. The molecule has 10 heteroatoms.